The highest BCUT2D eigenvalue weighted by Crippen LogP contribution is 2.60. The first-order valence-corrected chi connectivity index (χ1v) is 11.4. The second-order valence-corrected chi connectivity index (χ2v) is 10.3. The standard InChI is InChI=1S/C24H19Cl2F3O2S/c1-23(2)16(11-20(26)24(27,28)29)21(23)22(30)31-12-15-9-14(7-8-17(15)25)19-10-13-5-3-4-6-18(13)32-19/h3-11,16,21H,12H2,1-2H3/b20-11-. The molecule has 1 fully saturated rings. The third kappa shape index (κ3) is 4.54. The Hall–Kier alpha value is -2.02. The van der Waals surface area contributed by atoms with Gasteiger partial charge in [-0.1, -0.05) is 67.4 Å². The van der Waals surface area contributed by atoms with Gasteiger partial charge in [-0.05, 0) is 46.5 Å². The van der Waals surface area contributed by atoms with Crippen LogP contribution in [0.25, 0.3) is 20.5 Å². The highest BCUT2D eigenvalue weighted by Gasteiger charge is 2.62. The Balaban J connectivity index is 1.48. The van der Waals surface area contributed by atoms with Crippen molar-refractivity contribution in [2.45, 2.75) is 26.6 Å². The van der Waals surface area contributed by atoms with E-state index >= 15 is 0 Å². The molecule has 2 unspecified atom stereocenters. The van der Waals surface area contributed by atoms with Gasteiger partial charge in [-0.15, -0.1) is 11.3 Å². The molecule has 8 heteroatoms. The lowest BCUT2D eigenvalue weighted by Gasteiger charge is -2.09. The van der Waals surface area contributed by atoms with Crippen LogP contribution < -0.4 is 0 Å². The predicted octanol–water partition coefficient (Wildman–Crippen LogP) is 8.22. The SMILES string of the molecule is CC1(C)C(/C=C(\Cl)C(F)(F)F)C1C(=O)OCc1cc(-c2cc3ccccc3s2)ccc1Cl. The van der Waals surface area contributed by atoms with E-state index in [1.807, 2.05) is 30.3 Å². The van der Waals surface area contributed by atoms with E-state index in [9.17, 15) is 18.0 Å². The van der Waals surface area contributed by atoms with Crippen molar-refractivity contribution in [2.75, 3.05) is 0 Å². The van der Waals surface area contributed by atoms with Crippen LogP contribution >= 0.6 is 34.5 Å². The van der Waals surface area contributed by atoms with Gasteiger partial charge in [-0.3, -0.25) is 4.79 Å². The quantitative estimate of drug-likeness (QED) is 0.331. The first-order valence-electron chi connectivity index (χ1n) is 9.87. The molecule has 1 aliphatic rings. The molecule has 1 aliphatic carbocycles. The number of allylic oxidation sites excluding steroid dienone is 2. The molecule has 0 aliphatic heterocycles. The number of fused-ring (bicyclic) bond motifs is 1. The van der Waals surface area contributed by atoms with Gasteiger partial charge in [0.25, 0.3) is 0 Å². The van der Waals surface area contributed by atoms with Crippen LogP contribution in [0.3, 0.4) is 0 Å². The van der Waals surface area contributed by atoms with Crippen molar-refractivity contribution < 1.29 is 22.7 Å². The van der Waals surface area contributed by atoms with Crippen LogP contribution in [0.15, 0.2) is 59.6 Å². The zero-order valence-corrected chi connectivity index (χ0v) is 19.5. The summed E-state index contributed by atoms with van der Waals surface area (Å²) in [6.07, 6.45) is -3.72. The van der Waals surface area contributed by atoms with Crippen molar-refractivity contribution >= 4 is 50.6 Å². The van der Waals surface area contributed by atoms with Gasteiger partial charge in [0.05, 0.1) is 5.92 Å². The minimum absolute atomic E-state index is 0.0631. The number of halogens is 5. The van der Waals surface area contributed by atoms with Gasteiger partial charge < -0.3 is 4.74 Å². The summed E-state index contributed by atoms with van der Waals surface area (Å²) in [5, 5.41) is 0.377. The summed E-state index contributed by atoms with van der Waals surface area (Å²) >= 11 is 13.3. The Morgan fingerprint density at radius 2 is 1.91 bits per heavy atom. The smallest absolute Gasteiger partial charge is 0.426 e. The molecule has 2 atom stereocenters. The molecule has 1 heterocycles. The topological polar surface area (TPSA) is 26.3 Å². The maximum atomic E-state index is 12.7. The molecule has 3 aromatic rings. The molecule has 0 radical (unpaired) electrons. The lowest BCUT2D eigenvalue weighted by molar-refractivity contribution is -0.147. The monoisotopic (exact) mass is 498 g/mol. The molecular formula is C24H19Cl2F3O2S. The summed E-state index contributed by atoms with van der Waals surface area (Å²) in [5.74, 6) is -1.89. The molecule has 1 aromatic heterocycles. The average molecular weight is 499 g/mol. The van der Waals surface area contributed by atoms with Crippen molar-refractivity contribution in [1.29, 1.82) is 0 Å². The molecule has 32 heavy (non-hydrogen) atoms. The van der Waals surface area contributed by atoms with E-state index in [0.717, 1.165) is 26.6 Å². The van der Waals surface area contributed by atoms with Crippen LogP contribution in [-0.4, -0.2) is 12.1 Å². The fraction of sp³-hybridized carbons (Fsp3) is 0.292. The van der Waals surface area contributed by atoms with Crippen LogP contribution in [0, 0.1) is 17.3 Å². The number of thiophene rings is 1. The summed E-state index contributed by atoms with van der Waals surface area (Å²) in [7, 11) is 0. The van der Waals surface area contributed by atoms with Crippen molar-refractivity contribution in [3.05, 3.63) is 70.2 Å². The maximum Gasteiger partial charge on any atom is 0.426 e. The number of benzene rings is 2. The van der Waals surface area contributed by atoms with Crippen molar-refractivity contribution in [2.24, 2.45) is 17.3 Å². The Morgan fingerprint density at radius 3 is 2.59 bits per heavy atom. The van der Waals surface area contributed by atoms with Crippen LogP contribution in [-0.2, 0) is 16.1 Å². The van der Waals surface area contributed by atoms with E-state index in [4.69, 9.17) is 27.9 Å². The largest absolute Gasteiger partial charge is 0.461 e. The molecule has 1 saturated carbocycles. The van der Waals surface area contributed by atoms with Crippen LogP contribution in [0.1, 0.15) is 19.4 Å². The highest BCUT2D eigenvalue weighted by molar-refractivity contribution is 7.22. The summed E-state index contributed by atoms with van der Waals surface area (Å²) in [6.45, 7) is 3.37. The molecule has 2 aromatic carbocycles. The molecule has 2 nitrogen and oxygen atoms in total. The normalized spacial score (nSPS) is 20.4. The van der Waals surface area contributed by atoms with Gasteiger partial charge in [0, 0.05) is 20.2 Å². The summed E-state index contributed by atoms with van der Waals surface area (Å²) in [6, 6.07) is 15.7. The van der Waals surface area contributed by atoms with E-state index in [2.05, 4.69) is 12.1 Å². The number of hydrogen-bond donors (Lipinski definition) is 0. The number of rotatable bonds is 5. The Bertz CT molecular complexity index is 1180. The average Bonchev–Trinajstić information content (AvgIpc) is 3.07. The minimum Gasteiger partial charge on any atom is -0.461 e. The van der Waals surface area contributed by atoms with E-state index in [-0.39, 0.29) is 6.61 Å². The third-order valence-corrected chi connectivity index (χ3v) is 7.76. The number of alkyl halides is 3. The molecule has 0 spiro atoms. The second kappa shape index (κ2) is 8.40. The molecule has 0 amide bonds. The maximum absolute atomic E-state index is 12.7. The second-order valence-electron chi connectivity index (χ2n) is 8.40. The summed E-state index contributed by atoms with van der Waals surface area (Å²) in [5.41, 5.74) is 0.922. The molecule has 0 N–H and O–H groups in total. The van der Waals surface area contributed by atoms with Gasteiger partial charge in [-0.2, -0.15) is 13.2 Å². The molecule has 168 valence electrons. The summed E-state index contributed by atoms with van der Waals surface area (Å²) in [4.78, 5) is 13.7. The Morgan fingerprint density at radius 1 is 1.19 bits per heavy atom. The Labute approximate surface area is 197 Å². The molecule has 0 bridgehead atoms. The minimum atomic E-state index is -4.63. The van der Waals surface area contributed by atoms with E-state index in [1.165, 1.54) is 0 Å². The first kappa shape index (κ1) is 23.1. The zero-order chi connectivity index (χ0) is 23.3. The molecule has 0 saturated heterocycles. The third-order valence-electron chi connectivity index (χ3n) is 5.89. The fourth-order valence-electron chi connectivity index (χ4n) is 3.89. The number of carbonyl (C=O) groups excluding carboxylic acids is 1. The summed E-state index contributed by atoms with van der Waals surface area (Å²) < 4.78 is 44.8. The molecule has 4 rings (SSSR count). The first-order chi connectivity index (χ1) is 15.0. The van der Waals surface area contributed by atoms with Crippen LogP contribution in [0.4, 0.5) is 13.2 Å². The van der Waals surface area contributed by atoms with E-state index in [1.54, 1.807) is 31.3 Å². The van der Waals surface area contributed by atoms with E-state index in [0.29, 0.717) is 10.6 Å². The van der Waals surface area contributed by atoms with Gasteiger partial charge in [0.1, 0.15) is 11.6 Å². The van der Waals surface area contributed by atoms with Gasteiger partial charge in [0.15, 0.2) is 0 Å². The van der Waals surface area contributed by atoms with Crippen molar-refractivity contribution in [3.63, 3.8) is 0 Å². The lowest BCUT2D eigenvalue weighted by Crippen LogP contribution is -2.11. The van der Waals surface area contributed by atoms with Crippen molar-refractivity contribution in [3.8, 4) is 10.4 Å². The number of ether oxygens (including phenoxy) is 1. The van der Waals surface area contributed by atoms with Gasteiger partial charge >= 0.3 is 12.1 Å². The van der Waals surface area contributed by atoms with Crippen LogP contribution in [0.5, 0.6) is 0 Å². The number of carbonyl (C=O) groups is 1. The molecular weight excluding hydrogens is 480 g/mol. The fourth-order valence-corrected chi connectivity index (χ4v) is 5.26. The van der Waals surface area contributed by atoms with Crippen molar-refractivity contribution in [1.82, 2.24) is 0 Å². The number of hydrogen-bond acceptors (Lipinski definition) is 3. The van der Waals surface area contributed by atoms with E-state index < -0.39 is 34.4 Å². The highest BCUT2D eigenvalue weighted by atomic mass is 35.5. The van der Waals surface area contributed by atoms with Gasteiger partial charge in [0.2, 0.25) is 0 Å². The Kier molecular flexibility index (Phi) is 6.07. The van der Waals surface area contributed by atoms with Gasteiger partial charge in [-0.25, -0.2) is 0 Å². The predicted molar refractivity (Wildman–Crippen MR) is 123 cm³/mol. The van der Waals surface area contributed by atoms with Crippen LogP contribution in [0.2, 0.25) is 5.02 Å². The number of esters is 1. The lowest BCUT2D eigenvalue weighted by atomic mass is 10.1. The zero-order valence-electron chi connectivity index (χ0n) is 17.2.